The Morgan fingerprint density at radius 1 is 1.04 bits per heavy atom. The number of methoxy groups -OCH3 is 2. The van der Waals surface area contributed by atoms with E-state index in [1.165, 1.54) is 36.8 Å². The Morgan fingerprint density at radius 3 is 2.42 bits per heavy atom. The van der Waals surface area contributed by atoms with E-state index in [9.17, 15) is 0 Å². The van der Waals surface area contributed by atoms with Crippen LogP contribution in [0.15, 0.2) is 12.1 Å². The maximum Gasteiger partial charge on any atom is 0.0825 e. The predicted octanol–water partition coefficient (Wildman–Crippen LogP) is 5.42. The summed E-state index contributed by atoms with van der Waals surface area (Å²) in [7, 11) is 3.35. The third kappa shape index (κ3) is 4.56. The molecule has 1 heterocycles. The van der Waals surface area contributed by atoms with Crippen molar-refractivity contribution in [1.82, 2.24) is 0 Å². The third-order valence-electron chi connectivity index (χ3n) is 5.89. The Hall–Kier alpha value is -0.320. The molecule has 26 heavy (non-hydrogen) atoms. The van der Waals surface area contributed by atoms with E-state index in [-0.39, 0.29) is 10.8 Å². The zero-order valence-corrected chi connectivity index (χ0v) is 17.3. The van der Waals surface area contributed by atoms with Gasteiger partial charge in [-0.25, -0.2) is 0 Å². The number of fused-ring (bicyclic) bond motifs is 1. The fourth-order valence-electron chi connectivity index (χ4n) is 4.58. The lowest BCUT2D eigenvalue weighted by Crippen LogP contribution is -2.18. The van der Waals surface area contributed by atoms with Crippen molar-refractivity contribution in [3.8, 4) is 0 Å². The summed E-state index contributed by atoms with van der Waals surface area (Å²) in [6.07, 6.45) is 6.48. The molecule has 1 aliphatic carbocycles. The standard InChI is InChI=1S/C21H30Cl2O3/c1-24-12-19(22)17-8-7-15-9-16(14-5-3-4-6-14)10-26-11-18(15)21(17)20(23)13-25-2/h7-8,14,16,19-20H,3-6,9-13H2,1-2H3. The molecule has 1 fully saturated rings. The minimum absolute atomic E-state index is 0.229. The van der Waals surface area contributed by atoms with Gasteiger partial charge in [0.15, 0.2) is 0 Å². The summed E-state index contributed by atoms with van der Waals surface area (Å²) < 4.78 is 16.7. The highest BCUT2D eigenvalue weighted by atomic mass is 35.5. The first-order chi connectivity index (χ1) is 12.7. The van der Waals surface area contributed by atoms with Crippen molar-refractivity contribution in [2.75, 3.05) is 34.0 Å². The monoisotopic (exact) mass is 400 g/mol. The maximum atomic E-state index is 6.73. The molecule has 2 aliphatic rings. The number of ether oxygens (including phenoxy) is 3. The van der Waals surface area contributed by atoms with E-state index in [0.717, 1.165) is 30.1 Å². The molecule has 0 bridgehead atoms. The number of hydrogen-bond acceptors (Lipinski definition) is 3. The van der Waals surface area contributed by atoms with Crippen molar-refractivity contribution in [3.63, 3.8) is 0 Å². The number of hydrogen-bond donors (Lipinski definition) is 0. The van der Waals surface area contributed by atoms with Crippen LogP contribution in [0.2, 0.25) is 0 Å². The minimum Gasteiger partial charge on any atom is -0.383 e. The van der Waals surface area contributed by atoms with E-state index < -0.39 is 0 Å². The van der Waals surface area contributed by atoms with Crippen molar-refractivity contribution in [3.05, 3.63) is 34.4 Å². The predicted molar refractivity (Wildman–Crippen MR) is 106 cm³/mol. The first-order valence-corrected chi connectivity index (χ1v) is 10.5. The number of benzene rings is 1. The summed E-state index contributed by atoms with van der Waals surface area (Å²) in [4.78, 5) is 0. The van der Waals surface area contributed by atoms with Gasteiger partial charge in [-0.05, 0) is 40.5 Å². The molecular formula is C21H30Cl2O3. The van der Waals surface area contributed by atoms with Crippen LogP contribution in [0.4, 0.5) is 0 Å². The van der Waals surface area contributed by atoms with Gasteiger partial charge in [-0.3, -0.25) is 0 Å². The van der Waals surface area contributed by atoms with Crippen LogP contribution in [0.1, 0.15) is 58.7 Å². The lowest BCUT2D eigenvalue weighted by Gasteiger charge is -2.24. The van der Waals surface area contributed by atoms with Gasteiger partial charge in [0, 0.05) is 14.2 Å². The van der Waals surface area contributed by atoms with Gasteiger partial charge >= 0.3 is 0 Å². The van der Waals surface area contributed by atoms with Crippen molar-refractivity contribution >= 4 is 23.2 Å². The number of rotatable bonds is 7. The minimum atomic E-state index is -0.241. The summed E-state index contributed by atoms with van der Waals surface area (Å²) in [5.74, 6) is 1.41. The summed E-state index contributed by atoms with van der Waals surface area (Å²) in [5, 5.41) is -0.470. The van der Waals surface area contributed by atoms with E-state index in [1.54, 1.807) is 14.2 Å². The molecule has 3 unspecified atom stereocenters. The molecule has 0 saturated heterocycles. The van der Waals surface area contributed by atoms with E-state index in [0.29, 0.717) is 25.7 Å². The Bertz CT molecular complexity index is 587. The molecule has 0 aromatic heterocycles. The van der Waals surface area contributed by atoms with Gasteiger partial charge in [0.2, 0.25) is 0 Å². The van der Waals surface area contributed by atoms with E-state index in [4.69, 9.17) is 37.4 Å². The van der Waals surface area contributed by atoms with Crippen LogP contribution in [0.5, 0.6) is 0 Å². The van der Waals surface area contributed by atoms with Gasteiger partial charge in [0.05, 0.1) is 37.2 Å². The Balaban J connectivity index is 1.95. The van der Waals surface area contributed by atoms with Crippen LogP contribution in [0, 0.1) is 11.8 Å². The zero-order valence-electron chi connectivity index (χ0n) is 15.8. The smallest absolute Gasteiger partial charge is 0.0825 e. The Morgan fingerprint density at radius 2 is 1.73 bits per heavy atom. The molecule has 3 rings (SSSR count). The quantitative estimate of drug-likeness (QED) is 0.571. The molecule has 1 saturated carbocycles. The lowest BCUT2D eigenvalue weighted by molar-refractivity contribution is 0.0745. The largest absolute Gasteiger partial charge is 0.383 e. The average molecular weight is 401 g/mol. The fourth-order valence-corrected chi connectivity index (χ4v) is 5.28. The van der Waals surface area contributed by atoms with Crippen LogP contribution in [-0.2, 0) is 27.2 Å². The summed E-state index contributed by atoms with van der Waals surface area (Å²) in [6, 6.07) is 4.36. The molecule has 0 N–H and O–H groups in total. The number of alkyl halides is 2. The molecule has 146 valence electrons. The highest BCUT2D eigenvalue weighted by Gasteiger charge is 2.31. The third-order valence-corrected chi connectivity index (χ3v) is 6.60. The van der Waals surface area contributed by atoms with Crippen LogP contribution >= 0.6 is 23.2 Å². The molecule has 0 spiro atoms. The van der Waals surface area contributed by atoms with E-state index in [1.807, 2.05) is 0 Å². The maximum absolute atomic E-state index is 6.73. The van der Waals surface area contributed by atoms with Gasteiger partial charge in [-0.1, -0.05) is 37.8 Å². The lowest BCUT2D eigenvalue weighted by atomic mass is 9.83. The first-order valence-electron chi connectivity index (χ1n) is 9.64. The van der Waals surface area contributed by atoms with Gasteiger partial charge in [0.1, 0.15) is 0 Å². The molecule has 1 aromatic carbocycles. The second kappa shape index (κ2) is 9.75. The second-order valence-electron chi connectivity index (χ2n) is 7.58. The fraction of sp³-hybridized carbons (Fsp3) is 0.714. The molecule has 1 aliphatic heterocycles. The molecule has 1 aromatic rings. The van der Waals surface area contributed by atoms with Gasteiger partial charge in [0.25, 0.3) is 0 Å². The summed E-state index contributed by atoms with van der Waals surface area (Å²) >= 11 is 13.3. The molecule has 3 nitrogen and oxygen atoms in total. The van der Waals surface area contributed by atoms with Gasteiger partial charge < -0.3 is 14.2 Å². The molecule has 0 amide bonds. The van der Waals surface area contributed by atoms with Crippen molar-refractivity contribution in [1.29, 1.82) is 0 Å². The van der Waals surface area contributed by atoms with E-state index in [2.05, 4.69) is 12.1 Å². The Kier molecular flexibility index (Phi) is 7.65. The zero-order chi connectivity index (χ0) is 18.5. The van der Waals surface area contributed by atoms with Crippen LogP contribution in [0.25, 0.3) is 0 Å². The molecule has 5 heteroatoms. The SMILES string of the molecule is COCC(Cl)c1ccc2c(c1C(Cl)COC)COCC(C1CCCC1)C2. The van der Waals surface area contributed by atoms with Gasteiger partial charge in [-0.2, -0.15) is 0 Å². The van der Waals surface area contributed by atoms with Crippen LogP contribution in [-0.4, -0.2) is 34.0 Å². The molecular weight excluding hydrogens is 371 g/mol. The van der Waals surface area contributed by atoms with Crippen molar-refractivity contribution < 1.29 is 14.2 Å². The molecule has 3 atom stereocenters. The highest BCUT2D eigenvalue weighted by Crippen LogP contribution is 2.40. The normalized spacial score (nSPS) is 23.5. The first kappa shape index (κ1) is 20.4. The highest BCUT2D eigenvalue weighted by molar-refractivity contribution is 6.23. The van der Waals surface area contributed by atoms with E-state index >= 15 is 0 Å². The van der Waals surface area contributed by atoms with Gasteiger partial charge in [-0.15, -0.1) is 23.2 Å². The van der Waals surface area contributed by atoms with Crippen molar-refractivity contribution in [2.24, 2.45) is 11.8 Å². The second-order valence-corrected chi connectivity index (χ2v) is 8.63. The molecule has 0 radical (unpaired) electrons. The Labute approximate surface area is 167 Å². The van der Waals surface area contributed by atoms with Crippen LogP contribution < -0.4 is 0 Å². The average Bonchev–Trinajstić information content (AvgIpc) is 3.08. The van der Waals surface area contributed by atoms with Crippen molar-refractivity contribution in [2.45, 2.75) is 49.5 Å². The van der Waals surface area contributed by atoms with Crippen LogP contribution in [0.3, 0.4) is 0 Å². The topological polar surface area (TPSA) is 27.7 Å². The number of halogens is 2. The summed E-state index contributed by atoms with van der Waals surface area (Å²) in [6.45, 7) is 2.35. The summed E-state index contributed by atoms with van der Waals surface area (Å²) in [5.41, 5.74) is 4.69.